The van der Waals surface area contributed by atoms with Crippen molar-refractivity contribution in [2.24, 2.45) is 11.8 Å². The van der Waals surface area contributed by atoms with Crippen molar-refractivity contribution >= 4 is 40.9 Å². The second-order valence-electron chi connectivity index (χ2n) is 11.6. The summed E-state index contributed by atoms with van der Waals surface area (Å²) in [5.74, 6) is -1.44. The molecular formula is C34H41N3O4S. The van der Waals surface area contributed by atoms with E-state index in [0.29, 0.717) is 38.9 Å². The molecule has 0 radical (unpaired) electrons. The Hall–Kier alpha value is -3.36. The third-order valence-corrected chi connectivity index (χ3v) is 11.0. The molecule has 0 aliphatic carbocycles. The van der Waals surface area contributed by atoms with Gasteiger partial charge < -0.3 is 19.8 Å². The van der Waals surface area contributed by atoms with Gasteiger partial charge in [-0.2, -0.15) is 0 Å². The van der Waals surface area contributed by atoms with Gasteiger partial charge in [-0.25, -0.2) is 0 Å². The fraction of sp³-hybridized carbons (Fsp3) is 0.441. The number of fused-ring (bicyclic) bond motifs is 1. The van der Waals surface area contributed by atoms with Crippen LogP contribution in [-0.2, 0) is 14.4 Å². The van der Waals surface area contributed by atoms with E-state index in [1.807, 2.05) is 62.4 Å². The average Bonchev–Trinajstić information content (AvgIpc) is 3.63. The average molecular weight is 588 g/mol. The van der Waals surface area contributed by atoms with Crippen LogP contribution in [0.25, 0.3) is 0 Å². The fourth-order valence-electron chi connectivity index (χ4n) is 7.39. The van der Waals surface area contributed by atoms with Gasteiger partial charge in [-0.05, 0) is 62.8 Å². The normalized spacial score (nSPS) is 25.8. The van der Waals surface area contributed by atoms with Gasteiger partial charge in [0.25, 0.3) is 5.91 Å². The first-order chi connectivity index (χ1) is 20.3. The van der Waals surface area contributed by atoms with Gasteiger partial charge in [-0.15, -0.1) is 24.9 Å². The van der Waals surface area contributed by atoms with E-state index >= 15 is 0 Å². The Morgan fingerprint density at radius 3 is 2.31 bits per heavy atom. The summed E-state index contributed by atoms with van der Waals surface area (Å²) in [4.78, 5) is 48.8. The summed E-state index contributed by atoms with van der Waals surface area (Å²) in [6.07, 6.45) is 6.04. The van der Waals surface area contributed by atoms with Crippen molar-refractivity contribution in [1.29, 1.82) is 0 Å². The number of aryl methyl sites for hydroxylation is 2. The first-order valence-electron chi connectivity index (χ1n) is 14.9. The minimum atomic E-state index is -0.704. The highest BCUT2D eigenvalue weighted by Gasteiger charge is 2.74. The van der Waals surface area contributed by atoms with Crippen molar-refractivity contribution in [3.05, 3.63) is 85.0 Å². The topological polar surface area (TPSA) is 81.2 Å². The molecule has 1 N–H and O–H groups in total. The lowest BCUT2D eigenvalue weighted by atomic mass is 9.70. The molecule has 8 heteroatoms. The number of aliphatic hydroxyl groups excluding tert-OH is 1. The van der Waals surface area contributed by atoms with Gasteiger partial charge in [0.05, 0.1) is 16.6 Å². The number of unbranched alkanes of at least 4 members (excludes halogenated alkanes) is 1. The highest BCUT2D eigenvalue weighted by molar-refractivity contribution is 8.02. The molecule has 3 saturated heterocycles. The zero-order valence-corrected chi connectivity index (χ0v) is 25.4. The van der Waals surface area contributed by atoms with E-state index < -0.39 is 22.6 Å². The number of nitrogens with zero attached hydrogens (tertiary/aromatic N) is 3. The minimum Gasteiger partial charge on any atom is -0.396 e. The van der Waals surface area contributed by atoms with Crippen LogP contribution in [0.1, 0.15) is 36.8 Å². The van der Waals surface area contributed by atoms with Crippen LogP contribution < -0.4 is 9.80 Å². The number of hydrogen-bond acceptors (Lipinski definition) is 5. The predicted molar refractivity (Wildman–Crippen MR) is 170 cm³/mol. The number of likely N-dealkylation sites (tertiary alicyclic amines) is 1. The third kappa shape index (κ3) is 4.98. The Morgan fingerprint density at radius 1 is 1.00 bits per heavy atom. The number of benzene rings is 2. The number of rotatable bonds is 12. The highest BCUT2D eigenvalue weighted by Crippen LogP contribution is 2.67. The van der Waals surface area contributed by atoms with Gasteiger partial charge >= 0.3 is 0 Å². The second kappa shape index (κ2) is 12.5. The van der Waals surface area contributed by atoms with E-state index in [1.165, 1.54) is 0 Å². The first kappa shape index (κ1) is 30.1. The molecule has 2 aromatic rings. The van der Waals surface area contributed by atoms with Crippen LogP contribution in [0.4, 0.5) is 11.4 Å². The molecule has 2 bridgehead atoms. The Balaban J connectivity index is 1.57. The van der Waals surface area contributed by atoms with Crippen LogP contribution in [0.3, 0.4) is 0 Å². The predicted octanol–water partition coefficient (Wildman–Crippen LogP) is 4.91. The molecule has 0 aromatic heterocycles. The van der Waals surface area contributed by atoms with Gasteiger partial charge in [0, 0.05) is 42.9 Å². The molecule has 2 unspecified atom stereocenters. The number of anilines is 2. The van der Waals surface area contributed by atoms with Crippen LogP contribution in [0.5, 0.6) is 0 Å². The molecular weight excluding hydrogens is 546 g/mol. The summed E-state index contributed by atoms with van der Waals surface area (Å²) in [6, 6.07) is 14.8. The molecule has 5 rings (SSSR count). The van der Waals surface area contributed by atoms with E-state index in [-0.39, 0.29) is 29.6 Å². The first-order valence-corrected chi connectivity index (χ1v) is 15.7. The summed E-state index contributed by atoms with van der Waals surface area (Å²) >= 11 is 1.68. The Bertz CT molecular complexity index is 1340. The van der Waals surface area contributed by atoms with E-state index in [2.05, 4.69) is 13.2 Å². The van der Waals surface area contributed by atoms with E-state index in [0.717, 1.165) is 28.9 Å². The van der Waals surface area contributed by atoms with Crippen molar-refractivity contribution in [3.8, 4) is 0 Å². The Labute approximate surface area is 253 Å². The maximum Gasteiger partial charge on any atom is 0.251 e. The van der Waals surface area contributed by atoms with Gasteiger partial charge in [0.15, 0.2) is 0 Å². The van der Waals surface area contributed by atoms with Crippen molar-refractivity contribution in [1.82, 2.24) is 4.90 Å². The SMILES string of the molecule is C=CCN(C(=O)[C@@H]1[C@@H]2CCC3(S2)C(C(=O)N(CC=C)c2c(C)cccc2C)N(CCCCO)C(=O)[C@H]13)c1ccccc1. The minimum absolute atomic E-state index is 0.0196. The van der Waals surface area contributed by atoms with Gasteiger partial charge in [0.2, 0.25) is 11.8 Å². The Morgan fingerprint density at radius 2 is 1.67 bits per heavy atom. The quantitative estimate of drug-likeness (QED) is 0.282. The monoisotopic (exact) mass is 587 g/mol. The largest absolute Gasteiger partial charge is 0.396 e. The van der Waals surface area contributed by atoms with E-state index in [4.69, 9.17) is 0 Å². The van der Waals surface area contributed by atoms with E-state index in [1.54, 1.807) is 38.6 Å². The number of hydrogen-bond donors (Lipinski definition) is 1. The molecule has 3 aliphatic heterocycles. The molecule has 222 valence electrons. The number of carbonyl (C=O) groups is 3. The Kier molecular flexibility index (Phi) is 8.94. The molecule has 5 atom stereocenters. The van der Waals surface area contributed by atoms with Crippen LogP contribution in [0.2, 0.25) is 0 Å². The number of carbonyl (C=O) groups excluding carboxylic acids is 3. The van der Waals surface area contributed by atoms with Crippen molar-refractivity contribution in [3.63, 3.8) is 0 Å². The van der Waals surface area contributed by atoms with Crippen molar-refractivity contribution in [2.75, 3.05) is 36.0 Å². The molecule has 7 nitrogen and oxygen atoms in total. The highest BCUT2D eigenvalue weighted by atomic mass is 32.2. The van der Waals surface area contributed by atoms with Crippen molar-refractivity contribution in [2.45, 2.75) is 55.6 Å². The van der Waals surface area contributed by atoms with Gasteiger partial charge in [-0.1, -0.05) is 48.6 Å². The summed E-state index contributed by atoms with van der Waals surface area (Å²) in [6.45, 7) is 12.8. The van der Waals surface area contributed by atoms with Gasteiger partial charge in [-0.3, -0.25) is 14.4 Å². The zero-order chi connectivity index (χ0) is 30.0. The van der Waals surface area contributed by atoms with Crippen molar-refractivity contribution < 1.29 is 19.5 Å². The standard InChI is InChI=1S/C34H41N3O4S/c1-5-19-35(25-15-8-7-9-16-25)31(39)27-26-17-18-34(42-26)28(27)32(40)37(21-10-11-22-38)30(34)33(41)36(20-6-2)29-23(3)13-12-14-24(29)4/h5-9,12-16,26-28,30,38H,1-2,10-11,17-22H2,3-4H3/t26-,27+,28-,30?,34?/m0/s1. The summed E-state index contributed by atoms with van der Waals surface area (Å²) in [5.41, 5.74) is 3.58. The smallest absolute Gasteiger partial charge is 0.251 e. The molecule has 0 saturated carbocycles. The molecule has 1 spiro atoms. The lowest BCUT2D eigenvalue weighted by Gasteiger charge is -2.38. The van der Waals surface area contributed by atoms with Crippen LogP contribution in [0.15, 0.2) is 73.8 Å². The molecule has 3 heterocycles. The maximum atomic E-state index is 14.8. The molecule has 3 fully saturated rings. The number of amides is 3. The summed E-state index contributed by atoms with van der Waals surface area (Å²) in [5, 5.41) is 9.46. The number of para-hydroxylation sites is 2. The van der Waals surface area contributed by atoms with Crippen LogP contribution in [0, 0.1) is 25.7 Å². The molecule has 3 aliphatic rings. The van der Waals surface area contributed by atoms with Crippen LogP contribution >= 0.6 is 11.8 Å². The lowest BCUT2D eigenvalue weighted by Crippen LogP contribution is -2.55. The number of thioether (sulfide) groups is 1. The summed E-state index contributed by atoms with van der Waals surface area (Å²) in [7, 11) is 0. The van der Waals surface area contributed by atoms with Crippen LogP contribution in [-0.4, -0.2) is 70.0 Å². The third-order valence-electron chi connectivity index (χ3n) is 9.06. The van der Waals surface area contributed by atoms with Gasteiger partial charge in [0.1, 0.15) is 6.04 Å². The summed E-state index contributed by atoms with van der Waals surface area (Å²) < 4.78 is -0.690. The maximum absolute atomic E-state index is 14.8. The van der Waals surface area contributed by atoms with E-state index in [9.17, 15) is 19.5 Å². The lowest BCUT2D eigenvalue weighted by molar-refractivity contribution is -0.139. The molecule has 2 aromatic carbocycles. The molecule has 3 amide bonds. The zero-order valence-electron chi connectivity index (χ0n) is 24.6. The number of aliphatic hydroxyl groups is 1. The second-order valence-corrected chi connectivity index (χ2v) is 13.2. The fourth-order valence-corrected chi connectivity index (χ4v) is 9.59. The molecule has 42 heavy (non-hydrogen) atoms.